The zero-order chi connectivity index (χ0) is 34.5. The van der Waals surface area contributed by atoms with Crippen molar-refractivity contribution in [3.8, 4) is 0 Å². The zero-order valence-electron chi connectivity index (χ0n) is 28.4. The van der Waals surface area contributed by atoms with E-state index >= 15 is 0 Å². The summed E-state index contributed by atoms with van der Waals surface area (Å²) in [4.78, 5) is 82.0. The molecule has 2 heterocycles. The highest BCUT2D eigenvalue weighted by Crippen LogP contribution is 2.53. The van der Waals surface area contributed by atoms with Gasteiger partial charge >= 0.3 is 0 Å². The summed E-state index contributed by atoms with van der Waals surface area (Å²) in [6.45, 7) is 10.1. The van der Waals surface area contributed by atoms with E-state index in [0.29, 0.717) is 17.5 Å². The summed E-state index contributed by atoms with van der Waals surface area (Å²) >= 11 is 0. The lowest BCUT2D eigenvalue weighted by atomic mass is 9.55. The van der Waals surface area contributed by atoms with Crippen molar-refractivity contribution in [1.82, 2.24) is 30.1 Å². The van der Waals surface area contributed by atoms with Crippen LogP contribution in [0.5, 0.6) is 0 Å². The Bertz CT molecular complexity index is 1560. The van der Waals surface area contributed by atoms with Crippen LogP contribution < -0.4 is 26.8 Å². The molecule has 2 saturated carbocycles. The molecule has 2 aliphatic carbocycles. The molecule has 2 aromatic rings. The van der Waals surface area contributed by atoms with Gasteiger partial charge in [0, 0.05) is 31.7 Å². The van der Waals surface area contributed by atoms with E-state index in [-0.39, 0.29) is 54.2 Å². The third-order valence-corrected chi connectivity index (χ3v) is 9.76. The predicted octanol–water partition coefficient (Wildman–Crippen LogP) is 2.61. The van der Waals surface area contributed by atoms with Gasteiger partial charge in [-0.3, -0.25) is 28.8 Å². The number of fused-ring (bicyclic) bond motifs is 2. The molecule has 13 nitrogen and oxygen atoms in total. The van der Waals surface area contributed by atoms with Gasteiger partial charge in [-0.1, -0.05) is 27.2 Å². The number of pyridine rings is 1. The molecule has 13 heteroatoms. The van der Waals surface area contributed by atoms with Crippen molar-refractivity contribution in [2.24, 2.45) is 24.3 Å². The third-order valence-electron chi connectivity index (χ3n) is 9.76. The van der Waals surface area contributed by atoms with Crippen molar-refractivity contribution in [2.75, 3.05) is 11.9 Å². The Balaban J connectivity index is 1.49. The molecule has 0 aliphatic heterocycles. The highest BCUT2D eigenvalue weighted by atomic mass is 16.2. The Kier molecular flexibility index (Phi) is 11.1. The number of rotatable bonds is 13. The van der Waals surface area contributed by atoms with Gasteiger partial charge in [0.05, 0.1) is 12.0 Å². The molecule has 4 amide bonds. The predicted molar refractivity (Wildman–Crippen MR) is 176 cm³/mol. The first-order chi connectivity index (χ1) is 22.2. The number of aromatic nitrogens is 3. The van der Waals surface area contributed by atoms with Gasteiger partial charge in [0.1, 0.15) is 24.0 Å². The largest absolute Gasteiger partial charge is 0.350 e. The summed E-state index contributed by atoms with van der Waals surface area (Å²) in [5, 5.41) is 10.9. The zero-order valence-corrected chi connectivity index (χ0v) is 28.4. The average Bonchev–Trinajstić information content (AvgIpc) is 3.33. The molecular weight excluding hydrogens is 602 g/mol. The minimum absolute atomic E-state index is 0.0861. The number of imidazole rings is 1. The normalized spacial score (nSPS) is 24.1. The van der Waals surface area contributed by atoms with Crippen molar-refractivity contribution >= 4 is 35.1 Å². The Morgan fingerprint density at radius 2 is 1.87 bits per heavy atom. The number of Topliss-reactive ketones (excluding diaryl/α,β-unsaturated/α-hetero) is 1. The van der Waals surface area contributed by atoms with Gasteiger partial charge in [-0.05, 0) is 81.8 Å². The molecule has 0 saturated heterocycles. The number of amides is 4. The van der Waals surface area contributed by atoms with Crippen molar-refractivity contribution < 1.29 is 24.0 Å². The average molecular weight is 652 g/mol. The van der Waals surface area contributed by atoms with E-state index in [4.69, 9.17) is 0 Å². The molecule has 0 aromatic carbocycles. The fraction of sp³-hybridized carbons (Fsp3) is 0.618. The van der Waals surface area contributed by atoms with E-state index in [1.165, 1.54) is 27.7 Å². The highest BCUT2D eigenvalue weighted by Gasteiger charge is 2.49. The fourth-order valence-corrected chi connectivity index (χ4v) is 7.82. The van der Waals surface area contributed by atoms with Gasteiger partial charge in [-0.15, -0.1) is 0 Å². The standard InChI is InChI=1S/C34H49N7O6/c1-7-33(5)16-23-14-21(3)15-34(17-23,19-33)39-27(43)18-41-13-9-10-25(32(41)47)38-29(44)24(11-12-26(42)30(45)35-8-2)37-31(46)28-22(4)36-20-40(28)6/h9-10,13,20-21,23-24H,7-8,11-12,14-19H2,1-6H3,(H,35,45)(H,37,46)(H,38,44)(H,39,43). The molecule has 2 fully saturated rings. The highest BCUT2D eigenvalue weighted by molar-refractivity contribution is 6.36. The van der Waals surface area contributed by atoms with Crippen LogP contribution in [0.25, 0.3) is 0 Å². The molecule has 2 bridgehead atoms. The molecule has 47 heavy (non-hydrogen) atoms. The number of nitrogens with one attached hydrogen (secondary N) is 4. The van der Waals surface area contributed by atoms with Crippen LogP contribution in [0.1, 0.15) is 95.2 Å². The summed E-state index contributed by atoms with van der Waals surface area (Å²) in [6, 6.07) is 1.71. The summed E-state index contributed by atoms with van der Waals surface area (Å²) < 4.78 is 2.75. The molecule has 0 spiro atoms. The van der Waals surface area contributed by atoms with Crippen LogP contribution in [0, 0.1) is 24.2 Å². The minimum Gasteiger partial charge on any atom is -0.350 e. The lowest BCUT2D eigenvalue weighted by Gasteiger charge is -2.54. The molecule has 5 atom stereocenters. The smallest absolute Gasteiger partial charge is 0.287 e. The number of nitrogens with zero attached hydrogens (tertiary/aromatic N) is 3. The maximum atomic E-state index is 13.5. The number of aryl methyl sites for hydroxylation is 2. The molecule has 2 aromatic heterocycles. The van der Waals surface area contributed by atoms with E-state index < -0.39 is 35.1 Å². The van der Waals surface area contributed by atoms with Crippen LogP contribution in [0.4, 0.5) is 5.69 Å². The van der Waals surface area contributed by atoms with Crippen LogP contribution in [0.15, 0.2) is 29.5 Å². The van der Waals surface area contributed by atoms with E-state index in [2.05, 4.69) is 47.0 Å². The number of hydrogen-bond acceptors (Lipinski definition) is 7. The maximum absolute atomic E-state index is 13.5. The van der Waals surface area contributed by atoms with E-state index in [9.17, 15) is 28.8 Å². The maximum Gasteiger partial charge on any atom is 0.287 e. The van der Waals surface area contributed by atoms with Crippen LogP contribution in [0.2, 0.25) is 0 Å². The molecule has 256 valence electrons. The lowest BCUT2D eigenvalue weighted by Crippen LogP contribution is -2.59. The number of carbonyl (C=O) groups is 5. The van der Waals surface area contributed by atoms with Crippen LogP contribution >= 0.6 is 0 Å². The van der Waals surface area contributed by atoms with Gasteiger partial charge in [0.15, 0.2) is 0 Å². The van der Waals surface area contributed by atoms with Gasteiger partial charge < -0.3 is 30.4 Å². The molecule has 4 N–H and O–H groups in total. The summed E-state index contributed by atoms with van der Waals surface area (Å²) in [6.07, 6.45) is 8.58. The Labute approximate surface area is 275 Å². The molecule has 2 aliphatic rings. The Morgan fingerprint density at radius 3 is 2.53 bits per heavy atom. The first-order valence-electron chi connectivity index (χ1n) is 16.6. The molecule has 5 unspecified atom stereocenters. The van der Waals surface area contributed by atoms with Gasteiger partial charge in [0.25, 0.3) is 17.4 Å². The van der Waals surface area contributed by atoms with Crippen molar-refractivity contribution in [2.45, 2.75) is 104 Å². The second-order valence-corrected chi connectivity index (χ2v) is 14.0. The fourth-order valence-electron chi connectivity index (χ4n) is 7.82. The minimum atomic E-state index is -1.26. The van der Waals surface area contributed by atoms with E-state index in [1.807, 2.05) is 0 Å². The van der Waals surface area contributed by atoms with E-state index in [1.54, 1.807) is 27.0 Å². The van der Waals surface area contributed by atoms with E-state index in [0.717, 1.165) is 38.5 Å². The summed E-state index contributed by atoms with van der Waals surface area (Å²) in [5.41, 5.74) is -0.156. The number of carbonyl (C=O) groups excluding carboxylic acids is 5. The first-order valence-corrected chi connectivity index (χ1v) is 16.6. The number of likely N-dealkylation sites (N-methyl/N-ethyl adjacent to an activating group) is 1. The molecular formula is C34H49N7O6. The van der Waals surface area contributed by atoms with Crippen molar-refractivity contribution in [3.63, 3.8) is 0 Å². The first kappa shape index (κ1) is 35.6. The monoisotopic (exact) mass is 651 g/mol. The summed E-state index contributed by atoms with van der Waals surface area (Å²) in [7, 11) is 1.63. The lowest BCUT2D eigenvalue weighted by molar-refractivity contribution is -0.138. The number of hydrogen-bond donors (Lipinski definition) is 4. The van der Waals surface area contributed by atoms with Gasteiger partial charge in [-0.2, -0.15) is 0 Å². The molecule has 4 rings (SSSR count). The second-order valence-electron chi connectivity index (χ2n) is 14.0. The quantitative estimate of drug-likeness (QED) is 0.241. The second kappa shape index (κ2) is 14.6. The molecule has 0 radical (unpaired) electrons. The number of anilines is 1. The van der Waals surface area contributed by atoms with Crippen LogP contribution in [0.3, 0.4) is 0 Å². The van der Waals surface area contributed by atoms with Crippen molar-refractivity contribution in [1.29, 1.82) is 0 Å². The van der Waals surface area contributed by atoms with Crippen LogP contribution in [-0.2, 0) is 32.8 Å². The topological polar surface area (TPSA) is 173 Å². The van der Waals surface area contributed by atoms with Crippen LogP contribution in [-0.4, -0.2) is 61.7 Å². The Hall–Kier alpha value is -4.29. The van der Waals surface area contributed by atoms with Gasteiger partial charge in [0.2, 0.25) is 17.6 Å². The SMILES string of the molecule is CCNC(=O)C(=O)CCC(NC(=O)c1c(C)ncn1C)C(=O)Nc1cccn(CC(=O)NC23CC(C)CC(CC(C)(CC)C2)C3)c1=O. The Morgan fingerprint density at radius 1 is 1.13 bits per heavy atom. The summed E-state index contributed by atoms with van der Waals surface area (Å²) in [5.74, 6) is -2.06. The third kappa shape index (κ3) is 8.55. The van der Waals surface area contributed by atoms with Crippen molar-refractivity contribution in [3.05, 3.63) is 46.4 Å². The number of ketones is 1. The van der Waals surface area contributed by atoms with Gasteiger partial charge in [-0.25, -0.2) is 4.98 Å².